The molecule has 1 unspecified atom stereocenters. The van der Waals surface area contributed by atoms with E-state index < -0.39 is 5.82 Å². The molecule has 1 aromatic carbocycles. The lowest BCUT2D eigenvalue weighted by Gasteiger charge is -2.33. The van der Waals surface area contributed by atoms with Crippen molar-refractivity contribution >= 4 is 5.91 Å². The number of amides is 1. The van der Waals surface area contributed by atoms with Crippen molar-refractivity contribution in [2.24, 2.45) is 0 Å². The van der Waals surface area contributed by atoms with E-state index in [0.29, 0.717) is 24.1 Å². The molecule has 0 bridgehead atoms. The molecular weight excluding hydrogens is 359 g/mol. The van der Waals surface area contributed by atoms with Crippen LogP contribution in [-0.2, 0) is 19.4 Å². The summed E-state index contributed by atoms with van der Waals surface area (Å²) >= 11 is 0. The summed E-state index contributed by atoms with van der Waals surface area (Å²) in [6.07, 6.45) is 3.36. The Morgan fingerprint density at radius 3 is 2.89 bits per heavy atom. The SMILES string of the molecule is CN(C)CC1CCCc2nc3c(c(=O)n21)CN(C(=O)c1cccc(F)c1)CC3. The number of nitrogens with zero attached hydrogens (tertiary/aromatic N) is 4. The van der Waals surface area contributed by atoms with Gasteiger partial charge in [0, 0.05) is 31.5 Å². The number of carbonyl (C=O) groups excluding carboxylic acids is 1. The van der Waals surface area contributed by atoms with Crippen LogP contribution in [0, 0.1) is 5.82 Å². The first-order valence-corrected chi connectivity index (χ1v) is 9.77. The van der Waals surface area contributed by atoms with Crippen LogP contribution >= 0.6 is 0 Å². The Bertz CT molecular complexity index is 969. The molecule has 0 saturated heterocycles. The van der Waals surface area contributed by atoms with E-state index in [9.17, 15) is 14.0 Å². The van der Waals surface area contributed by atoms with E-state index in [-0.39, 0.29) is 24.1 Å². The minimum atomic E-state index is -0.439. The molecular formula is C21H25FN4O2. The van der Waals surface area contributed by atoms with Gasteiger partial charge in [0.1, 0.15) is 11.6 Å². The molecule has 4 rings (SSSR count). The van der Waals surface area contributed by atoms with Gasteiger partial charge in [-0.25, -0.2) is 9.37 Å². The summed E-state index contributed by atoms with van der Waals surface area (Å²) in [5, 5.41) is 0. The molecule has 28 heavy (non-hydrogen) atoms. The van der Waals surface area contributed by atoms with Crippen LogP contribution < -0.4 is 5.56 Å². The summed E-state index contributed by atoms with van der Waals surface area (Å²) < 4.78 is 15.3. The first kappa shape index (κ1) is 18.8. The van der Waals surface area contributed by atoms with Gasteiger partial charge in [-0.1, -0.05) is 6.07 Å². The van der Waals surface area contributed by atoms with Crippen molar-refractivity contribution in [1.82, 2.24) is 19.4 Å². The van der Waals surface area contributed by atoms with Gasteiger partial charge in [0.05, 0.1) is 23.8 Å². The minimum absolute atomic E-state index is 0.0247. The maximum Gasteiger partial charge on any atom is 0.259 e. The van der Waals surface area contributed by atoms with Gasteiger partial charge in [0.15, 0.2) is 0 Å². The molecule has 1 atom stereocenters. The van der Waals surface area contributed by atoms with E-state index in [0.717, 1.165) is 37.3 Å². The van der Waals surface area contributed by atoms with E-state index in [2.05, 4.69) is 4.90 Å². The van der Waals surface area contributed by atoms with Gasteiger partial charge in [0.2, 0.25) is 0 Å². The topological polar surface area (TPSA) is 58.4 Å². The van der Waals surface area contributed by atoms with Gasteiger partial charge < -0.3 is 9.80 Å². The van der Waals surface area contributed by atoms with E-state index >= 15 is 0 Å². The molecule has 0 saturated carbocycles. The quantitative estimate of drug-likeness (QED) is 0.813. The summed E-state index contributed by atoms with van der Waals surface area (Å²) in [5.74, 6) is 0.175. The number of aryl methyl sites for hydroxylation is 1. The first-order chi connectivity index (χ1) is 13.4. The molecule has 6 nitrogen and oxygen atoms in total. The fourth-order valence-corrected chi connectivity index (χ4v) is 4.29. The highest BCUT2D eigenvalue weighted by Crippen LogP contribution is 2.25. The van der Waals surface area contributed by atoms with Crippen molar-refractivity contribution < 1.29 is 9.18 Å². The van der Waals surface area contributed by atoms with Crippen LogP contribution in [0.1, 0.15) is 46.3 Å². The van der Waals surface area contributed by atoms with Crippen LogP contribution in [0.5, 0.6) is 0 Å². The Morgan fingerprint density at radius 2 is 2.14 bits per heavy atom. The van der Waals surface area contributed by atoms with E-state index in [1.54, 1.807) is 11.0 Å². The van der Waals surface area contributed by atoms with Crippen molar-refractivity contribution in [2.45, 2.75) is 38.3 Å². The lowest BCUT2D eigenvalue weighted by molar-refractivity contribution is 0.0731. The molecule has 2 aromatic rings. The third-order valence-electron chi connectivity index (χ3n) is 5.57. The Kier molecular flexibility index (Phi) is 5.02. The zero-order valence-corrected chi connectivity index (χ0v) is 16.3. The van der Waals surface area contributed by atoms with Crippen LogP contribution in [0.15, 0.2) is 29.1 Å². The predicted molar refractivity (Wildman–Crippen MR) is 104 cm³/mol. The third kappa shape index (κ3) is 3.46. The molecule has 2 aliphatic rings. The average Bonchev–Trinajstić information content (AvgIpc) is 2.67. The van der Waals surface area contributed by atoms with Gasteiger partial charge in [-0.3, -0.25) is 14.2 Å². The number of carbonyl (C=O) groups is 1. The highest BCUT2D eigenvalue weighted by molar-refractivity contribution is 5.94. The summed E-state index contributed by atoms with van der Waals surface area (Å²) in [6, 6.07) is 5.79. The fourth-order valence-electron chi connectivity index (χ4n) is 4.29. The molecule has 0 N–H and O–H groups in total. The number of fused-ring (bicyclic) bond motifs is 2. The molecule has 0 aliphatic carbocycles. The molecule has 0 fully saturated rings. The number of hydrogen-bond donors (Lipinski definition) is 0. The third-order valence-corrected chi connectivity index (χ3v) is 5.57. The van der Waals surface area contributed by atoms with E-state index in [1.165, 1.54) is 18.2 Å². The summed E-state index contributed by atoms with van der Waals surface area (Å²) in [6.45, 7) is 1.50. The molecule has 1 aromatic heterocycles. The number of likely N-dealkylation sites (N-methyl/N-ethyl adjacent to an activating group) is 1. The number of rotatable bonds is 3. The molecule has 3 heterocycles. The van der Waals surface area contributed by atoms with Gasteiger partial charge in [0.25, 0.3) is 11.5 Å². The smallest absolute Gasteiger partial charge is 0.259 e. The molecule has 1 amide bonds. The number of benzene rings is 1. The first-order valence-electron chi connectivity index (χ1n) is 9.77. The van der Waals surface area contributed by atoms with Crippen molar-refractivity contribution in [1.29, 1.82) is 0 Å². The Morgan fingerprint density at radius 1 is 1.32 bits per heavy atom. The highest BCUT2D eigenvalue weighted by Gasteiger charge is 2.30. The monoisotopic (exact) mass is 384 g/mol. The average molecular weight is 384 g/mol. The summed E-state index contributed by atoms with van der Waals surface area (Å²) in [4.78, 5) is 34.6. The second-order valence-electron chi connectivity index (χ2n) is 7.92. The Balaban J connectivity index is 1.67. The zero-order valence-electron chi connectivity index (χ0n) is 16.3. The summed E-state index contributed by atoms with van der Waals surface area (Å²) in [5.41, 5.74) is 1.69. The van der Waals surface area contributed by atoms with E-state index in [4.69, 9.17) is 4.98 Å². The normalized spacial score (nSPS) is 18.7. The van der Waals surface area contributed by atoms with Gasteiger partial charge in [-0.15, -0.1) is 0 Å². The van der Waals surface area contributed by atoms with Crippen molar-refractivity contribution in [3.63, 3.8) is 0 Å². The highest BCUT2D eigenvalue weighted by atomic mass is 19.1. The largest absolute Gasteiger partial charge is 0.334 e. The second kappa shape index (κ2) is 7.47. The fraction of sp³-hybridized carbons (Fsp3) is 0.476. The standard InChI is InChI=1S/C21H25FN4O2/c1-24(2)12-16-7-4-8-19-23-18-9-10-25(13-17(18)21(28)26(16)19)20(27)14-5-3-6-15(22)11-14/h3,5-6,11,16H,4,7-10,12-13H2,1-2H3. The van der Waals surface area contributed by atoms with Crippen LogP contribution in [-0.4, -0.2) is 52.4 Å². The molecule has 0 spiro atoms. The zero-order chi connectivity index (χ0) is 19.8. The van der Waals surface area contributed by atoms with Crippen LogP contribution in [0.25, 0.3) is 0 Å². The summed E-state index contributed by atoms with van der Waals surface area (Å²) in [7, 11) is 4.01. The number of hydrogen-bond acceptors (Lipinski definition) is 4. The number of halogens is 1. The van der Waals surface area contributed by atoms with E-state index in [1.807, 2.05) is 18.7 Å². The minimum Gasteiger partial charge on any atom is -0.334 e. The van der Waals surface area contributed by atoms with Crippen molar-refractivity contribution in [3.05, 3.63) is 63.1 Å². The maximum absolute atomic E-state index is 13.5. The maximum atomic E-state index is 13.5. The Hall–Kier alpha value is -2.54. The lowest BCUT2D eigenvalue weighted by Crippen LogP contribution is -2.44. The molecule has 148 valence electrons. The predicted octanol–water partition coefficient (Wildman–Crippen LogP) is 2.02. The van der Waals surface area contributed by atoms with Gasteiger partial charge in [-0.2, -0.15) is 0 Å². The van der Waals surface area contributed by atoms with Crippen molar-refractivity contribution in [3.8, 4) is 0 Å². The Labute approximate surface area is 163 Å². The van der Waals surface area contributed by atoms with Gasteiger partial charge in [-0.05, 0) is 45.1 Å². The molecule has 0 radical (unpaired) electrons. The van der Waals surface area contributed by atoms with Crippen LogP contribution in [0.4, 0.5) is 4.39 Å². The molecule has 2 aliphatic heterocycles. The van der Waals surface area contributed by atoms with Crippen molar-refractivity contribution in [2.75, 3.05) is 27.2 Å². The molecule has 7 heteroatoms. The second-order valence-corrected chi connectivity index (χ2v) is 7.92. The number of aromatic nitrogens is 2. The van der Waals surface area contributed by atoms with Gasteiger partial charge >= 0.3 is 0 Å². The van der Waals surface area contributed by atoms with Crippen LogP contribution in [0.2, 0.25) is 0 Å². The lowest BCUT2D eigenvalue weighted by atomic mass is 10.00. The van der Waals surface area contributed by atoms with Crippen LogP contribution in [0.3, 0.4) is 0 Å².